The highest BCUT2D eigenvalue weighted by Gasteiger charge is 2.21. The molecule has 0 aromatic heterocycles. The average molecular weight is 374 g/mol. The van der Waals surface area contributed by atoms with Gasteiger partial charge in [-0.05, 0) is 18.2 Å². The number of nitrogens with one attached hydrogen (secondary N) is 1. The van der Waals surface area contributed by atoms with Crippen molar-refractivity contribution in [2.75, 3.05) is 27.2 Å². The van der Waals surface area contributed by atoms with E-state index >= 15 is 0 Å². The number of carbonyl (C=O) groups is 2. The van der Waals surface area contributed by atoms with E-state index in [0.29, 0.717) is 0 Å². The summed E-state index contributed by atoms with van der Waals surface area (Å²) in [6.45, 7) is -0.421. The zero-order valence-corrected chi connectivity index (χ0v) is 14.6. The summed E-state index contributed by atoms with van der Waals surface area (Å²) in [5, 5.41) is 10.7. The van der Waals surface area contributed by atoms with E-state index in [2.05, 4.69) is 5.32 Å². The summed E-state index contributed by atoms with van der Waals surface area (Å²) in [5.74, 6) is -1.50. The van der Waals surface area contributed by atoms with Crippen LogP contribution < -0.4 is 5.32 Å². The Kier molecular flexibility index (Phi) is 7.16. The van der Waals surface area contributed by atoms with Crippen molar-refractivity contribution in [1.29, 1.82) is 5.26 Å². The fourth-order valence-electron chi connectivity index (χ4n) is 1.55. The van der Waals surface area contributed by atoms with Crippen molar-refractivity contribution in [3.05, 3.63) is 28.8 Å². The topological polar surface area (TPSA) is 117 Å². The second-order valence-corrected chi connectivity index (χ2v) is 7.32. The molecule has 0 saturated carbocycles. The lowest BCUT2D eigenvalue weighted by Gasteiger charge is -2.13. The Labute approximate surface area is 145 Å². The number of ether oxygens (including phenoxy) is 1. The molecule has 0 radical (unpaired) electrons. The molecule has 0 aliphatic heterocycles. The molecule has 0 unspecified atom stereocenters. The number of hydrogen-bond donors (Lipinski definition) is 1. The van der Waals surface area contributed by atoms with Crippen LogP contribution in [-0.4, -0.2) is 51.8 Å². The van der Waals surface area contributed by atoms with E-state index < -0.39 is 28.5 Å². The summed E-state index contributed by atoms with van der Waals surface area (Å²) in [7, 11) is -1.03. The van der Waals surface area contributed by atoms with Gasteiger partial charge in [0.1, 0.15) is 0 Å². The molecule has 1 rings (SSSR count). The summed E-state index contributed by atoms with van der Waals surface area (Å²) in [6.07, 6.45) is 0.135. The SMILES string of the molecule is CN(C)S(=O)(=O)c1ccc(Cl)c(C(=O)OCC(=O)NCCC#N)c1. The molecular formula is C14H16ClN3O5S. The molecule has 0 aliphatic rings. The first-order chi connectivity index (χ1) is 11.2. The van der Waals surface area contributed by atoms with Crippen LogP contribution in [0.5, 0.6) is 0 Å². The minimum atomic E-state index is -3.74. The van der Waals surface area contributed by atoms with Crippen molar-refractivity contribution in [2.45, 2.75) is 11.3 Å². The molecule has 1 aromatic rings. The lowest BCUT2D eigenvalue weighted by Crippen LogP contribution is -2.29. The van der Waals surface area contributed by atoms with Crippen LogP contribution in [0.15, 0.2) is 23.1 Å². The van der Waals surface area contributed by atoms with Gasteiger partial charge in [-0.15, -0.1) is 0 Å². The molecule has 10 heteroatoms. The number of sulfonamides is 1. The van der Waals surface area contributed by atoms with Crippen molar-refractivity contribution in [3.8, 4) is 6.07 Å². The Morgan fingerprint density at radius 1 is 1.38 bits per heavy atom. The molecule has 24 heavy (non-hydrogen) atoms. The molecule has 0 fully saturated rings. The van der Waals surface area contributed by atoms with E-state index in [1.807, 2.05) is 6.07 Å². The van der Waals surface area contributed by atoms with Crippen LogP contribution >= 0.6 is 11.6 Å². The maximum absolute atomic E-state index is 12.1. The first-order valence-corrected chi connectivity index (χ1v) is 8.54. The molecule has 130 valence electrons. The smallest absolute Gasteiger partial charge is 0.340 e. The fraction of sp³-hybridized carbons (Fsp3) is 0.357. The molecular weight excluding hydrogens is 358 g/mol. The molecule has 0 bridgehead atoms. The molecule has 0 atom stereocenters. The highest BCUT2D eigenvalue weighted by molar-refractivity contribution is 7.89. The Bertz CT molecular complexity index is 771. The quantitative estimate of drug-likeness (QED) is 0.557. The third kappa shape index (κ3) is 5.19. The predicted molar refractivity (Wildman–Crippen MR) is 85.8 cm³/mol. The van der Waals surface area contributed by atoms with E-state index in [4.69, 9.17) is 21.6 Å². The van der Waals surface area contributed by atoms with E-state index in [1.165, 1.54) is 26.2 Å². The van der Waals surface area contributed by atoms with Gasteiger partial charge in [0, 0.05) is 20.6 Å². The zero-order chi connectivity index (χ0) is 18.3. The number of esters is 1. The standard InChI is InChI=1S/C14H16ClN3O5S/c1-18(2)24(21,22)10-4-5-12(15)11(8-10)14(20)23-9-13(19)17-7-3-6-16/h4-5,8H,3,7,9H2,1-2H3,(H,17,19). The second kappa shape index (κ2) is 8.63. The van der Waals surface area contributed by atoms with E-state index in [-0.39, 0.29) is 28.4 Å². The van der Waals surface area contributed by atoms with E-state index in [1.54, 1.807) is 0 Å². The van der Waals surface area contributed by atoms with Gasteiger partial charge in [0.2, 0.25) is 10.0 Å². The first-order valence-electron chi connectivity index (χ1n) is 6.73. The number of nitrogens with zero attached hydrogens (tertiary/aromatic N) is 2. The first kappa shape index (κ1) is 19.9. The van der Waals surface area contributed by atoms with Gasteiger partial charge in [-0.25, -0.2) is 17.5 Å². The maximum Gasteiger partial charge on any atom is 0.340 e. The monoisotopic (exact) mass is 373 g/mol. The van der Waals surface area contributed by atoms with Gasteiger partial charge in [-0.3, -0.25) is 4.79 Å². The number of benzene rings is 1. The van der Waals surface area contributed by atoms with Crippen molar-refractivity contribution in [3.63, 3.8) is 0 Å². The third-order valence-corrected chi connectivity index (χ3v) is 4.97. The number of rotatable bonds is 7. The van der Waals surface area contributed by atoms with Crippen LogP contribution in [0.3, 0.4) is 0 Å². The normalized spacial score (nSPS) is 11.0. The van der Waals surface area contributed by atoms with Crippen molar-refractivity contribution < 1.29 is 22.7 Å². The van der Waals surface area contributed by atoms with E-state index in [0.717, 1.165) is 10.4 Å². The van der Waals surface area contributed by atoms with Gasteiger partial charge in [0.25, 0.3) is 5.91 Å². The van der Waals surface area contributed by atoms with Crippen LogP contribution in [0.25, 0.3) is 0 Å². The summed E-state index contributed by atoms with van der Waals surface area (Å²) in [4.78, 5) is 23.3. The summed E-state index contributed by atoms with van der Waals surface area (Å²) >= 11 is 5.89. The van der Waals surface area contributed by atoms with Gasteiger partial charge in [-0.1, -0.05) is 11.6 Å². The predicted octanol–water partition coefficient (Wildman–Crippen LogP) is 0.777. The molecule has 8 nitrogen and oxygen atoms in total. The third-order valence-electron chi connectivity index (χ3n) is 2.83. The maximum atomic E-state index is 12.1. The largest absolute Gasteiger partial charge is 0.452 e. The van der Waals surface area contributed by atoms with Crippen LogP contribution in [0.2, 0.25) is 5.02 Å². The number of hydrogen-bond acceptors (Lipinski definition) is 6. The number of carbonyl (C=O) groups excluding carboxylic acids is 2. The van der Waals surface area contributed by atoms with Gasteiger partial charge in [-0.2, -0.15) is 5.26 Å². The molecule has 1 amide bonds. The summed E-state index contributed by atoms with van der Waals surface area (Å²) < 4.78 is 29.9. The lowest BCUT2D eigenvalue weighted by atomic mass is 10.2. The molecule has 0 spiro atoms. The van der Waals surface area contributed by atoms with Crippen molar-refractivity contribution in [1.82, 2.24) is 9.62 Å². The minimum absolute atomic E-state index is 0.00240. The highest BCUT2D eigenvalue weighted by Crippen LogP contribution is 2.22. The average Bonchev–Trinajstić information content (AvgIpc) is 2.53. The van der Waals surface area contributed by atoms with Gasteiger partial charge >= 0.3 is 5.97 Å². The number of nitriles is 1. The van der Waals surface area contributed by atoms with Crippen LogP contribution in [0, 0.1) is 11.3 Å². The molecule has 0 heterocycles. The zero-order valence-electron chi connectivity index (χ0n) is 13.1. The molecule has 0 saturated heterocycles. The van der Waals surface area contributed by atoms with Crippen molar-refractivity contribution >= 4 is 33.5 Å². The van der Waals surface area contributed by atoms with Crippen LogP contribution in [0.1, 0.15) is 16.8 Å². The highest BCUT2D eigenvalue weighted by atomic mass is 35.5. The molecule has 1 N–H and O–H groups in total. The summed E-state index contributed by atoms with van der Waals surface area (Å²) in [6, 6.07) is 5.47. The minimum Gasteiger partial charge on any atom is -0.452 e. The Balaban J connectivity index is 2.85. The fourth-order valence-corrected chi connectivity index (χ4v) is 2.67. The van der Waals surface area contributed by atoms with Gasteiger partial charge in [0.05, 0.1) is 28.0 Å². The lowest BCUT2D eigenvalue weighted by molar-refractivity contribution is -0.124. The van der Waals surface area contributed by atoms with Crippen LogP contribution in [-0.2, 0) is 19.6 Å². The second-order valence-electron chi connectivity index (χ2n) is 4.76. The Morgan fingerprint density at radius 3 is 2.62 bits per heavy atom. The Hall–Kier alpha value is -2.15. The summed E-state index contributed by atoms with van der Waals surface area (Å²) in [5.41, 5.74) is -0.163. The van der Waals surface area contributed by atoms with Crippen molar-refractivity contribution in [2.24, 2.45) is 0 Å². The van der Waals surface area contributed by atoms with E-state index in [9.17, 15) is 18.0 Å². The molecule has 0 aliphatic carbocycles. The van der Waals surface area contributed by atoms with Crippen LogP contribution in [0.4, 0.5) is 0 Å². The number of amides is 1. The Morgan fingerprint density at radius 2 is 2.04 bits per heavy atom. The van der Waals surface area contributed by atoms with Gasteiger partial charge in [0.15, 0.2) is 6.61 Å². The molecule has 1 aromatic carbocycles. The van der Waals surface area contributed by atoms with Gasteiger partial charge < -0.3 is 10.1 Å². The number of halogens is 1.